The number of piperazine rings is 1. The lowest BCUT2D eigenvalue weighted by Crippen LogP contribution is -2.50. The van der Waals surface area contributed by atoms with E-state index in [0.29, 0.717) is 11.7 Å². The van der Waals surface area contributed by atoms with Crippen LogP contribution >= 0.6 is 0 Å². The first-order valence-electron chi connectivity index (χ1n) is 5.57. The molecule has 1 heterocycles. The zero-order valence-corrected chi connectivity index (χ0v) is 9.78. The van der Waals surface area contributed by atoms with E-state index in [4.69, 9.17) is 5.73 Å². The Morgan fingerprint density at radius 2 is 2.06 bits per heavy atom. The first-order chi connectivity index (χ1) is 7.56. The smallest absolute Gasteiger partial charge is 0.127 e. The summed E-state index contributed by atoms with van der Waals surface area (Å²) >= 11 is 0. The van der Waals surface area contributed by atoms with Gasteiger partial charge in [-0.3, -0.25) is 0 Å². The van der Waals surface area contributed by atoms with Gasteiger partial charge in [-0.15, -0.1) is 0 Å². The summed E-state index contributed by atoms with van der Waals surface area (Å²) in [4.78, 5) is 4.49. The van der Waals surface area contributed by atoms with Crippen molar-refractivity contribution in [3.8, 4) is 0 Å². The van der Waals surface area contributed by atoms with Crippen LogP contribution in [-0.2, 0) is 0 Å². The minimum Gasteiger partial charge on any atom is -0.399 e. The molecular formula is C12H18FN3. The average molecular weight is 223 g/mol. The molecule has 0 aromatic heterocycles. The lowest BCUT2D eigenvalue weighted by Gasteiger charge is -2.39. The Labute approximate surface area is 95.6 Å². The third kappa shape index (κ3) is 2.27. The molecule has 4 heteroatoms. The maximum atomic E-state index is 13.3. The first kappa shape index (κ1) is 11.2. The highest BCUT2D eigenvalue weighted by Gasteiger charge is 2.22. The van der Waals surface area contributed by atoms with Gasteiger partial charge in [0.2, 0.25) is 0 Å². The van der Waals surface area contributed by atoms with E-state index in [0.717, 1.165) is 25.3 Å². The number of nitrogen functional groups attached to an aromatic ring is 1. The summed E-state index contributed by atoms with van der Waals surface area (Å²) < 4.78 is 13.3. The van der Waals surface area contributed by atoms with Crippen molar-refractivity contribution in [3.63, 3.8) is 0 Å². The lowest BCUT2D eigenvalue weighted by atomic mass is 10.1. The second kappa shape index (κ2) is 4.29. The van der Waals surface area contributed by atoms with E-state index in [-0.39, 0.29) is 5.82 Å². The summed E-state index contributed by atoms with van der Waals surface area (Å²) in [6, 6.07) is 5.13. The summed E-state index contributed by atoms with van der Waals surface area (Å²) in [5, 5.41) is 0. The molecule has 2 N–H and O–H groups in total. The Hall–Kier alpha value is -1.29. The van der Waals surface area contributed by atoms with Crippen LogP contribution in [0.25, 0.3) is 0 Å². The van der Waals surface area contributed by atoms with E-state index in [9.17, 15) is 4.39 Å². The van der Waals surface area contributed by atoms with Gasteiger partial charge in [-0.1, -0.05) is 0 Å². The molecule has 1 aliphatic rings. The van der Waals surface area contributed by atoms with Crippen molar-refractivity contribution in [2.75, 3.05) is 37.3 Å². The van der Waals surface area contributed by atoms with Crippen LogP contribution < -0.4 is 10.6 Å². The average Bonchev–Trinajstić information content (AvgIpc) is 2.15. The van der Waals surface area contributed by atoms with Gasteiger partial charge in [0.1, 0.15) is 5.82 Å². The zero-order chi connectivity index (χ0) is 11.7. The highest BCUT2D eigenvalue weighted by molar-refractivity contribution is 5.57. The Balaban J connectivity index is 2.23. The zero-order valence-electron chi connectivity index (χ0n) is 9.78. The molecule has 1 aromatic rings. The number of rotatable bonds is 1. The topological polar surface area (TPSA) is 32.5 Å². The van der Waals surface area contributed by atoms with Crippen molar-refractivity contribution in [2.24, 2.45) is 0 Å². The molecule has 0 aliphatic carbocycles. The Morgan fingerprint density at radius 1 is 1.31 bits per heavy atom. The van der Waals surface area contributed by atoms with Crippen molar-refractivity contribution in [2.45, 2.75) is 13.0 Å². The van der Waals surface area contributed by atoms with E-state index in [1.54, 1.807) is 6.07 Å². The van der Waals surface area contributed by atoms with Crippen molar-refractivity contribution in [3.05, 3.63) is 24.0 Å². The Kier molecular flexibility index (Phi) is 3.01. The summed E-state index contributed by atoms with van der Waals surface area (Å²) in [5.74, 6) is -0.263. The molecule has 0 spiro atoms. The molecule has 0 saturated carbocycles. The Morgan fingerprint density at radius 3 is 2.69 bits per heavy atom. The van der Waals surface area contributed by atoms with Crippen LogP contribution in [0.15, 0.2) is 18.2 Å². The predicted octanol–water partition coefficient (Wildman–Crippen LogP) is 1.55. The number of hydrogen-bond acceptors (Lipinski definition) is 3. The molecule has 16 heavy (non-hydrogen) atoms. The highest BCUT2D eigenvalue weighted by Crippen LogP contribution is 2.23. The second-order valence-corrected chi connectivity index (χ2v) is 4.55. The molecule has 1 atom stereocenters. The van der Waals surface area contributed by atoms with E-state index in [2.05, 4.69) is 23.8 Å². The summed E-state index contributed by atoms with van der Waals surface area (Å²) in [7, 11) is 2.10. The molecule has 0 amide bonds. The minimum absolute atomic E-state index is 0.263. The van der Waals surface area contributed by atoms with Gasteiger partial charge >= 0.3 is 0 Å². The van der Waals surface area contributed by atoms with Crippen molar-refractivity contribution >= 4 is 11.4 Å². The first-order valence-corrected chi connectivity index (χ1v) is 5.57. The number of benzene rings is 1. The molecule has 1 aliphatic heterocycles. The van der Waals surface area contributed by atoms with Crippen LogP contribution in [-0.4, -0.2) is 37.6 Å². The Bertz CT molecular complexity index is 360. The van der Waals surface area contributed by atoms with Gasteiger partial charge in [-0.2, -0.15) is 0 Å². The highest BCUT2D eigenvalue weighted by atomic mass is 19.1. The van der Waals surface area contributed by atoms with E-state index in [1.165, 1.54) is 6.07 Å². The SMILES string of the molecule is CC1CN(C)CCN1c1cc(N)cc(F)c1. The van der Waals surface area contributed by atoms with Crippen molar-refractivity contribution < 1.29 is 4.39 Å². The van der Waals surface area contributed by atoms with Gasteiger partial charge in [0.05, 0.1) is 0 Å². The lowest BCUT2D eigenvalue weighted by molar-refractivity contribution is 0.275. The second-order valence-electron chi connectivity index (χ2n) is 4.55. The largest absolute Gasteiger partial charge is 0.399 e. The number of nitrogens with zero attached hydrogens (tertiary/aromatic N) is 2. The van der Waals surface area contributed by atoms with Gasteiger partial charge < -0.3 is 15.5 Å². The van der Waals surface area contributed by atoms with Crippen molar-refractivity contribution in [1.29, 1.82) is 0 Å². The fraction of sp³-hybridized carbons (Fsp3) is 0.500. The van der Waals surface area contributed by atoms with Crippen LogP contribution in [0.2, 0.25) is 0 Å². The van der Waals surface area contributed by atoms with Crippen LogP contribution in [0.3, 0.4) is 0 Å². The van der Waals surface area contributed by atoms with Gasteiger partial charge in [-0.25, -0.2) is 4.39 Å². The van der Waals surface area contributed by atoms with Gasteiger partial charge in [0.25, 0.3) is 0 Å². The molecule has 1 fully saturated rings. The van der Waals surface area contributed by atoms with E-state index in [1.807, 2.05) is 6.07 Å². The predicted molar refractivity (Wildman–Crippen MR) is 65.1 cm³/mol. The molecule has 3 nitrogen and oxygen atoms in total. The molecular weight excluding hydrogens is 205 g/mol. The van der Waals surface area contributed by atoms with Crippen LogP contribution in [0.4, 0.5) is 15.8 Å². The van der Waals surface area contributed by atoms with Gasteiger partial charge in [0.15, 0.2) is 0 Å². The van der Waals surface area contributed by atoms with Crippen molar-refractivity contribution in [1.82, 2.24) is 4.90 Å². The van der Waals surface area contributed by atoms with Gasteiger partial charge in [0, 0.05) is 37.1 Å². The third-order valence-electron chi connectivity index (χ3n) is 3.07. The molecule has 0 bridgehead atoms. The normalized spacial score (nSPS) is 22.4. The maximum absolute atomic E-state index is 13.3. The number of halogens is 1. The van der Waals surface area contributed by atoms with Gasteiger partial charge in [-0.05, 0) is 32.2 Å². The number of hydrogen-bond donors (Lipinski definition) is 1. The quantitative estimate of drug-likeness (QED) is 0.733. The molecule has 1 saturated heterocycles. The number of likely N-dealkylation sites (N-methyl/N-ethyl adjacent to an activating group) is 1. The molecule has 2 rings (SSSR count). The minimum atomic E-state index is -0.263. The molecule has 0 radical (unpaired) electrons. The van der Waals surface area contributed by atoms with E-state index >= 15 is 0 Å². The fourth-order valence-electron chi connectivity index (χ4n) is 2.29. The molecule has 1 aromatic carbocycles. The van der Waals surface area contributed by atoms with Crippen LogP contribution in [0.5, 0.6) is 0 Å². The number of anilines is 2. The van der Waals surface area contributed by atoms with Crippen LogP contribution in [0, 0.1) is 5.82 Å². The third-order valence-corrected chi connectivity index (χ3v) is 3.07. The molecule has 88 valence electrons. The van der Waals surface area contributed by atoms with E-state index < -0.39 is 0 Å². The fourth-order valence-corrected chi connectivity index (χ4v) is 2.29. The number of nitrogens with two attached hydrogens (primary N) is 1. The standard InChI is InChI=1S/C12H18FN3/c1-9-8-15(2)3-4-16(9)12-6-10(13)5-11(14)7-12/h5-7,9H,3-4,8,14H2,1-2H3. The maximum Gasteiger partial charge on any atom is 0.127 e. The monoisotopic (exact) mass is 223 g/mol. The summed E-state index contributed by atoms with van der Waals surface area (Å²) in [5.41, 5.74) is 7.04. The summed E-state index contributed by atoms with van der Waals surface area (Å²) in [6.45, 7) is 5.06. The summed E-state index contributed by atoms with van der Waals surface area (Å²) in [6.07, 6.45) is 0. The van der Waals surface area contributed by atoms with Crippen LogP contribution in [0.1, 0.15) is 6.92 Å². The molecule has 1 unspecified atom stereocenters.